The molecule has 2 aromatic carbocycles. The second-order valence-corrected chi connectivity index (χ2v) is 9.87. The Balaban J connectivity index is 1.33. The minimum absolute atomic E-state index is 0.00833. The molecule has 2 N–H and O–H groups in total. The molecule has 3 aliphatic rings. The van der Waals surface area contributed by atoms with Crippen LogP contribution in [0.25, 0.3) is 0 Å². The zero-order chi connectivity index (χ0) is 25.4. The molecule has 9 nitrogen and oxygen atoms in total. The van der Waals surface area contributed by atoms with Crippen molar-refractivity contribution in [1.29, 1.82) is 0 Å². The molecule has 2 fully saturated rings. The number of Topliss-reactive ketones (excluding diaryl/α,β-unsaturated/α-hetero) is 1. The fraction of sp³-hybridized carbons (Fsp3) is 0.407. The summed E-state index contributed by atoms with van der Waals surface area (Å²) in [6.45, 7) is 2.56. The van der Waals surface area contributed by atoms with Crippen LogP contribution < -0.4 is 10.6 Å². The normalized spacial score (nSPS) is 21.2. The molecule has 1 saturated carbocycles. The molecule has 1 spiro atoms. The third kappa shape index (κ3) is 4.53. The summed E-state index contributed by atoms with van der Waals surface area (Å²) in [4.78, 5) is 54.1. The number of ether oxygens (including phenoxy) is 1. The number of hydrogen-bond donors (Lipinski definition) is 2. The van der Waals surface area contributed by atoms with E-state index >= 15 is 0 Å². The number of hydrogen-bond acceptors (Lipinski definition) is 5. The first-order valence-electron chi connectivity index (χ1n) is 12.3. The molecule has 36 heavy (non-hydrogen) atoms. The van der Waals surface area contributed by atoms with Gasteiger partial charge in [-0.1, -0.05) is 36.4 Å². The van der Waals surface area contributed by atoms with Gasteiger partial charge in [-0.3, -0.25) is 14.5 Å². The average molecular weight is 491 g/mol. The molecule has 188 valence electrons. The quantitative estimate of drug-likeness (QED) is 0.618. The summed E-state index contributed by atoms with van der Waals surface area (Å²) in [5.74, 6) is 0.174. The summed E-state index contributed by atoms with van der Waals surface area (Å²) < 4.78 is 5.78. The van der Waals surface area contributed by atoms with E-state index in [1.807, 2.05) is 35.2 Å². The van der Waals surface area contributed by atoms with Crippen LogP contribution in [-0.4, -0.2) is 59.8 Å². The molecular formula is C27H30N4O5. The Morgan fingerprint density at radius 3 is 2.61 bits per heavy atom. The van der Waals surface area contributed by atoms with Crippen LogP contribution in [0.1, 0.15) is 47.7 Å². The van der Waals surface area contributed by atoms with E-state index in [4.69, 9.17) is 4.74 Å². The van der Waals surface area contributed by atoms with Gasteiger partial charge < -0.3 is 20.3 Å². The van der Waals surface area contributed by atoms with Crippen molar-refractivity contribution in [2.45, 2.75) is 44.4 Å². The van der Waals surface area contributed by atoms with Crippen molar-refractivity contribution in [1.82, 2.24) is 15.1 Å². The zero-order valence-electron chi connectivity index (χ0n) is 20.5. The van der Waals surface area contributed by atoms with E-state index in [1.165, 1.54) is 11.9 Å². The molecule has 0 aromatic heterocycles. The molecular weight excluding hydrogens is 460 g/mol. The highest BCUT2D eigenvalue weighted by molar-refractivity contribution is 6.04. The van der Waals surface area contributed by atoms with E-state index < -0.39 is 17.7 Å². The fourth-order valence-electron chi connectivity index (χ4n) is 5.21. The van der Waals surface area contributed by atoms with Crippen LogP contribution >= 0.6 is 0 Å². The van der Waals surface area contributed by atoms with Gasteiger partial charge in [-0.05, 0) is 43.4 Å². The van der Waals surface area contributed by atoms with Crippen LogP contribution in [-0.2, 0) is 21.7 Å². The van der Waals surface area contributed by atoms with E-state index in [9.17, 15) is 19.2 Å². The fourth-order valence-corrected chi connectivity index (χ4v) is 5.21. The van der Waals surface area contributed by atoms with Crippen molar-refractivity contribution >= 4 is 29.5 Å². The maximum atomic E-state index is 13.5. The van der Waals surface area contributed by atoms with Gasteiger partial charge in [0.2, 0.25) is 5.91 Å². The Kier molecular flexibility index (Phi) is 6.15. The van der Waals surface area contributed by atoms with Crippen LogP contribution in [0.2, 0.25) is 0 Å². The number of anilines is 1. The number of carbonyl (C=O) groups is 4. The van der Waals surface area contributed by atoms with E-state index in [1.54, 1.807) is 18.2 Å². The minimum Gasteiger partial charge on any atom is -0.435 e. The van der Waals surface area contributed by atoms with Crippen molar-refractivity contribution in [3.8, 4) is 0 Å². The molecule has 1 unspecified atom stereocenters. The van der Waals surface area contributed by atoms with Gasteiger partial charge >= 0.3 is 12.1 Å². The Hall–Kier alpha value is -3.88. The minimum atomic E-state index is -1.12. The first-order valence-corrected chi connectivity index (χ1v) is 12.3. The summed E-state index contributed by atoms with van der Waals surface area (Å²) >= 11 is 0. The molecule has 2 aromatic rings. The Bertz CT molecular complexity index is 1210. The van der Waals surface area contributed by atoms with Crippen molar-refractivity contribution in [3.63, 3.8) is 0 Å². The third-order valence-electron chi connectivity index (χ3n) is 7.37. The maximum Gasteiger partial charge on any atom is 0.411 e. The van der Waals surface area contributed by atoms with Gasteiger partial charge in [-0.25, -0.2) is 9.59 Å². The number of urea groups is 1. The average Bonchev–Trinajstić information content (AvgIpc) is 3.63. The highest BCUT2D eigenvalue weighted by Gasteiger charge is 2.54. The lowest BCUT2D eigenvalue weighted by Crippen LogP contribution is -2.45. The lowest BCUT2D eigenvalue weighted by molar-refractivity contribution is -0.134. The molecule has 5 rings (SSSR count). The van der Waals surface area contributed by atoms with Crippen molar-refractivity contribution < 1.29 is 23.9 Å². The highest BCUT2D eigenvalue weighted by atomic mass is 16.6. The molecule has 9 heteroatoms. The Morgan fingerprint density at radius 1 is 1.17 bits per heavy atom. The number of benzene rings is 2. The van der Waals surface area contributed by atoms with E-state index in [0.717, 1.165) is 18.4 Å². The van der Waals surface area contributed by atoms with Gasteiger partial charge in [-0.2, -0.15) is 0 Å². The second-order valence-electron chi connectivity index (χ2n) is 9.87. The van der Waals surface area contributed by atoms with Gasteiger partial charge in [0.1, 0.15) is 6.54 Å². The second kappa shape index (κ2) is 9.29. The molecule has 2 atom stereocenters. The summed E-state index contributed by atoms with van der Waals surface area (Å²) in [7, 11) is 1.50. The van der Waals surface area contributed by atoms with Crippen LogP contribution in [0.4, 0.5) is 15.3 Å². The molecule has 1 heterocycles. The standard InChI is InChI=1S/C27H30N4O5/c1-17(19-8-9-19)31(14-18-6-4-3-5-7-18)24(33)15-30-16-27(36-26(30)35)13-23(32)21-12-20(10-11-22(21)27)29-25(34)28-2/h3-7,10-12,17,19H,8-9,13-16H2,1-2H3,(H2,28,29,34)/t17?,27-/m1/s1. The summed E-state index contributed by atoms with van der Waals surface area (Å²) in [6.07, 6.45) is 1.61. The molecule has 2 aliphatic carbocycles. The molecule has 0 bridgehead atoms. The molecule has 1 saturated heterocycles. The van der Waals surface area contributed by atoms with Crippen LogP contribution in [0.15, 0.2) is 48.5 Å². The number of rotatable bonds is 7. The van der Waals surface area contributed by atoms with Crippen molar-refractivity contribution in [2.24, 2.45) is 5.92 Å². The lowest BCUT2D eigenvalue weighted by atomic mass is 9.95. The first kappa shape index (κ1) is 23.8. The van der Waals surface area contributed by atoms with Gasteiger partial charge in [0.25, 0.3) is 0 Å². The van der Waals surface area contributed by atoms with Gasteiger partial charge in [0.05, 0.1) is 13.0 Å². The first-order chi connectivity index (χ1) is 17.3. The Morgan fingerprint density at radius 2 is 1.92 bits per heavy atom. The summed E-state index contributed by atoms with van der Waals surface area (Å²) in [5.41, 5.74) is 1.40. The van der Waals surface area contributed by atoms with Crippen LogP contribution in [0, 0.1) is 5.92 Å². The van der Waals surface area contributed by atoms with Crippen molar-refractivity contribution in [2.75, 3.05) is 25.5 Å². The monoisotopic (exact) mass is 490 g/mol. The number of amides is 4. The smallest absolute Gasteiger partial charge is 0.411 e. The largest absolute Gasteiger partial charge is 0.435 e. The SMILES string of the molecule is CNC(=O)Nc1ccc2c(c1)C(=O)C[C@@]21CN(CC(=O)N(Cc2ccccc2)C(C)C2CC2)C(=O)O1. The predicted molar refractivity (Wildman–Crippen MR) is 132 cm³/mol. The van der Waals surface area contributed by atoms with Crippen LogP contribution in [0.3, 0.4) is 0 Å². The highest BCUT2D eigenvalue weighted by Crippen LogP contribution is 2.45. The number of nitrogens with zero attached hydrogens (tertiary/aromatic N) is 2. The topological polar surface area (TPSA) is 108 Å². The maximum absolute atomic E-state index is 13.5. The molecule has 1 aliphatic heterocycles. The van der Waals surface area contributed by atoms with Crippen molar-refractivity contribution in [3.05, 3.63) is 65.2 Å². The Labute approximate surface area is 209 Å². The zero-order valence-corrected chi connectivity index (χ0v) is 20.5. The van der Waals surface area contributed by atoms with Gasteiger partial charge in [0.15, 0.2) is 11.4 Å². The number of ketones is 1. The molecule has 4 amide bonds. The molecule has 0 radical (unpaired) electrons. The van der Waals surface area contributed by atoms with Crippen LogP contribution in [0.5, 0.6) is 0 Å². The van der Waals surface area contributed by atoms with E-state index in [-0.39, 0.29) is 37.2 Å². The summed E-state index contributed by atoms with van der Waals surface area (Å²) in [6, 6.07) is 14.5. The number of fused-ring (bicyclic) bond motifs is 2. The predicted octanol–water partition coefficient (Wildman–Crippen LogP) is 3.50. The summed E-state index contributed by atoms with van der Waals surface area (Å²) in [5, 5.41) is 5.12. The number of carbonyl (C=O) groups excluding carboxylic acids is 4. The lowest BCUT2D eigenvalue weighted by Gasteiger charge is -2.31. The van der Waals surface area contributed by atoms with E-state index in [0.29, 0.717) is 29.3 Å². The van der Waals surface area contributed by atoms with Gasteiger partial charge in [-0.15, -0.1) is 0 Å². The third-order valence-corrected chi connectivity index (χ3v) is 7.37. The van der Waals surface area contributed by atoms with Gasteiger partial charge in [0, 0.05) is 36.4 Å². The number of nitrogens with one attached hydrogen (secondary N) is 2. The van der Waals surface area contributed by atoms with E-state index in [2.05, 4.69) is 17.6 Å².